The van der Waals surface area contributed by atoms with Gasteiger partial charge in [-0.1, -0.05) is 11.6 Å². The molecule has 3 N–H and O–H groups in total. The SMILES string of the molecule is NCCCCNS(=O)(=O)c1cc2c(cc1Cl)OCCO2. The zero-order valence-electron chi connectivity index (χ0n) is 10.9. The molecule has 1 aromatic carbocycles. The fourth-order valence-corrected chi connectivity index (χ4v) is 3.41. The Morgan fingerprint density at radius 1 is 1.20 bits per heavy atom. The molecule has 0 saturated heterocycles. The van der Waals surface area contributed by atoms with E-state index < -0.39 is 10.0 Å². The van der Waals surface area contributed by atoms with Gasteiger partial charge in [-0.15, -0.1) is 0 Å². The van der Waals surface area contributed by atoms with Crippen molar-refractivity contribution in [2.45, 2.75) is 17.7 Å². The smallest absolute Gasteiger partial charge is 0.242 e. The third-order valence-corrected chi connectivity index (χ3v) is 4.73. The van der Waals surface area contributed by atoms with Crippen molar-refractivity contribution in [2.24, 2.45) is 5.73 Å². The standard InChI is InChI=1S/C12H17ClN2O4S/c13-9-7-10-11(19-6-5-18-10)8-12(9)20(16,17)15-4-2-1-3-14/h7-8,15H,1-6,14H2. The highest BCUT2D eigenvalue weighted by Crippen LogP contribution is 2.37. The molecule has 0 unspecified atom stereocenters. The number of rotatable bonds is 6. The van der Waals surface area contributed by atoms with E-state index in [-0.39, 0.29) is 9.92 Å². The molecule has 8 heteroatoms. The van der Waals surface area contributed by atoms with Gasteiger partial charge in [0.25, 0.3) is 0 Å². The minimum absolute atomic E-state index is 0.00355. The molecule has 0 bridgehead atoms. The molecule has 1 aliphatic rings. The second-order valence-corrected chi connectivity index (χ2v) is 6.46. The van der Waals surface area contributed by atoms with Crippen molar-refractivity contribution >= 4 is 21.6 Å². The summed E-state index contributed by atoms with van der Waals surface area (Å²) in [6, 6.07) is 2.85. The second-order valence-electron chi connectivity index (χ2n) is 4.32. The molecule has 0 aliphatic carbocycles. The molecular formula is C12H17ClN2O4S. The van der Waals surface area contributed by atoms with E-state index in [0.29, 0.717) is 44.2 Å². The molecule has 0 atom stereocenters. The number of nitrogens with one attached hydrogen (secondary N) is 1. The van der Waals surface area contributed by atoms with E-state index >= 15 is 0 Å². The van der Waals surface area contributed by atoms with Crippen LogP contribution in [0.5, 0.6) is 11.5 Å². The predicted molar refractivity (Wildman–Crippen MR) is 75.9 cm³/mol. The van der Waals surface area contributed by atoms with Crippen LogP contribution in [-0.2, 0) is 10.0 Å². The van der Waals surface area contributed by atoms with Crippen molar-refractivity contribution in [3.8, 4) is 11.5 Å². The van der Waals surface area contributed by atoms with Crippen molar-refractivity contribution in [3.63, 3.8) is 0 Å². The highest BCUT2D eigenvalue weighted by Gasteiger charge is 2.22. The lowest BCUT2D eigenvalue weighted by molar-refractivity contribution is 0.171. The molecule has 0 aromatic heterocycles. The highest BCUT2D eigenvalue weighted by molar-refractivity contribution is 7.89. The molecule has 1 aliphatic heterocycles. The minimum atomic E-state index is -3.66. The molecule has 2 rings (SSSR count). The van der Waals surface area contributed by atoms with Crippen LogP contribution in [0.25, 0.3) is 0 Å². The molecule has 20 heavy (non-hydrogen) atoms. The van der Waals surface area contributed by atoms with Crippen LogP contribution < -0.4 is 19.9 Å². The van der Waals surface area contributed by atoms with Crippen molar-refractivity contribution in [3.05, 3.63) is 17.2 Å². The van der Waals surface area contributed by atoms with Crippen molar-refractivity contribution in [2.75, 3.05) is 26.3 Å². The fourth-order valence-electron chi connectivity index (χ4n) is 1.80. The number of unbranched alkanes of at least 4 members (excludes halogenated alkanes) is 1. The van der Waals surface area contributed by atoms with Gasteiger partial charge in [-0.25, -0.2) is 13.1 Å². The van der Waals surface area contributed by atoms with Crippen LogP contribution in [0, 0.1) is 0 Å². The molecule has 6 nitrogen and oxygen atoms in total. The van der Waals surface area contributed by atoms with Gasteiger partial charge in [0, 0.05) is 18.7 Å². The Bertz CT molecular complexity index is 577. The van der Waals surface area contributed by atoms with Crippen LogP contribution in [0.3, 0.4) is 0 Å². The zero-order chi connectivity index (χ0) is 14.6. The largest absolute Gasteiger partial charge is 0.486 e. The second kappa shape index (κ2) is 6.62. The van der Waals surface area contributed by atoms with Crippen LogP contribution >= 0.6 is 11.6 Å². The Morgan fingerprint density at radius 2 is 1.85 bits per heavy atom. The molecule has 1 heterocycles. The van der Waals surface area contributed by atoms with Crippen molar-refractivity contribution in [1.29, 1.82) is 0 Å². The average Bonchev–Trinajstić information content (AvgIpc) is 2.43. The predicted octanol–water partition coefficient (Wildman–Crippen LogP) is 1.13. The third kappa shape index (κ3) is 3.54. The van der Waals surface area contributed by atoms with Gasteiger partial charge in [-0.3, -0.25) is 0 Å². The van der Waals surface area contributed by atoms with E-state index in [4.69, 9.17) is 26.8 Å². The topological polar surface area (TPSA) is 90.7 Å². The van der Waals surface area contributed by atoms with Gasteiger partial charge in [-0.2, -0.15) is 0 Å². The summed E-state index contributed by atoms with van der Waals surface area (Å²) in [5.41, 5.74) is 5.36. The van der Waals surface area contributed by atoms with Gasteiger partial charge in [0.05, 0.1) is 5.02 Å². The van der Waals surface area contributed by atoms with Crippen molar-refractivity contribution < 1.29 is 17.9 Å². The maximum Gasteiger partial charge on any atom is 0.242 e. The number of sulfonamides is 1. The summed E-state index contributed by atoms with van der Waals surface area (Å²) in [7, 11) is -3.66. The van der Waals surface area contributed by atoms with E-state index in [1.54, 1.807) is 0 Å². The number of benzene rings is 1. The Morgan fingerprint density at radius 3 is 2.50 bits per heavy atom. The third-order valence-electron chi connectivity index (χ3n) is 2.81. The first-order chi connectivity index (χ1) is 9.54. The van der Waals surface area contributed by atoms with E-state index in [1.807, 2.05) is 0 Å². The van der Waals surface area contributed by atoms with Crippen LogP contribution in [0.15, 0.2) is 17.0 Å². The lowest BCUT2D eigenvalue weighted by Crippen LogP contribution is -2.26. The Kier molecular flexibility index (Phi) is 5.09. The number of nitrogens with two attached hydrogens (primary N) is 1. The molecule has 112 valence electrons. The molecule has 0 fully saturated rings. The summed E-state index contributed by atoms with van der Waals surface area (Å²) < 4.78 is 37.6. The van der Waals surface area contributed by atoms with E-state index in [0.717, 1.165) is 6.42 Å². The monoisotopic (exact) mass is 320 g/mol. The highest BCUT2D eigenvalue weighted by atomic mass is 35.5. The van der Waals surface area contributed by atoms with Gasteiger partial charge in [-0.05, 0) is 19.4 Å². The normalized spacial score (nSPS) is 14.3. The number of fused-ring (bicyclic) bond motifs is 1. The summed E-state index contributed by atoms with van der Waals surface area (Å²) >= 11 is 6.01. The first kappa shape index (κ1) is 15.4. The lowest BCUT2D eigenvalue weighted by Gasteiger charge is -2.19. The van der Waals surface area contributed by atoms with Crippen LogP contribution in [0.1, 0.15) is 12.8 Å². The quantitative estimate of drug-likeness (QED) is 0.767. The zero-order valence-corrected chi connectivity index (χ0v) is 12.5. The van der Waals surface area contributed by atoms with E-state index in [2.05, 4.69) is 4.72 Å². The van der Waals surface area contributed by atoms with Gasteiger partial charge >= 0.3 is 0 Å². The van der Waals surface area contributed by atoms with Gasteiger partial charge < -0.3 is 15.2 Å². The Hall–Kier alpha value is -1.02. The molecule has 0 spiro atoms. The van der Waals surface area contributed by atoms with Gasteiger partial charge in [0.2, 0.25) is 10.0 Å². The first-order valence-electron chi connectivity index (χ1n) is 6.33. The summed E-state index contributed by atoms with van der Waals surface area (Å²) in [5, 5.41) is 0.112. The van der Waals surface area contributed by atoms with E-state index in [9.17, 15) is 8.42 Å². The maximum absolute atomic E-state index is 12.2. The molecule has 0 saturated carbocycles. The van der Waals surface area contributed by atoms with Crippen LogP contribution in [0.2, 0.25) is 5.02 Å². The summed E-state index contributed by atoms with van der Waals surface area (Å²) in [6.07, 6.45) is 1.44. The minimum Gasteiger partial charge on any atom is -0.486 e. The molecule has 1 aromatic rings. The first-order valence-corrected chi connectivity index (χ1v) is 8.19. The maximum atomic E-state index is 12.2. The molecular weight excluding hydrogens is 304 g/mol. The summed E-state index contributed by atoms with van der Waals surface area (Å²) in [4.78, 5) is -0.00355. The van der Waals surface area contributed by atoms with Gasteiger partial charge in [0.1, 0.15) is 18.1 Å². The van der Waals surface area contributed by atoms with E-state index in [1.165, 1.54) is 12.1 Å². The fraction of sp³-hybridized carbons (Fsp3) is 0.500. The summed E-state index contributed by atoms with van der Waals surface area (Å²) in [6.45, 7) is 1.67. The Labute approximate surface area is 123 Å². The number of halogens is 1. The number of ether oxygens (including phenoxy) is 2. The molecule has 0 amide bonds. The summed E-state index contributed by atoms with van der Waals surface area (Å²) in [5.74, 6) is 0.853. The Balaban J connectivity index is 2.18. The van der Waals surface area contributed by atoms with Gasteiger partial charge in [0.15, 0.2) is 11.5 Å². The van der Waals surface area contributed by atoms with Crippen molar-refractivity contribution in [1.82, 2.24) is 4.72 Å². The van der Waals surface area contributed by atoms with Crippen LogP contribution in [0.4, 0.5) is 0 Å². The lowest BCUT2D eigenvalue weighted by atomic mass is 10.3. The average molecular weight is 321 g/mol. The number of hydrogen-bond donors (Lipinski definition) is 2. The number of hydrogen-bond acceptors (Lipinski definition) is 5. The van der Waals surface area contributed by atoms with Crippen LogP contribution in [-0.4, -0.2) is 34.7 Å². The molecule has 0 radical (unpaired) electrons.